The predicted molar refractivity (Wildman–Crippen MR) is 126 cm³/mol. The van der Waals surface area contributed by atoms with Crippen LogP contribution < -0.4 is 10.2 Å². The van der Waals surface area contributed by atoms with Crippen LogP contribution in [-0.4, -0.2) is 66.9 Å². The van der Waals surface area contributed by atoms with Crippen LogP contribution in [0, 0.1) is 11.3 Å². The summed E-state index contributed by atoms with van der Waals surface area (Å²) in [6, 6.07) is 9.92. The minimum absolute atomic E-state index is 0.0958. The number of hydrogen-bond donors (Lipinski definition) is 1. The number of hydrogen-bond acceptors (Lipinski definition) is 5. The number of piperazine rings is 1. The lowest BCUT2D eigenvalue weighted by molar-refractivity contribution is -0.156. The number of carbonyl (C=O) groups is 3. The number of unbranched alkanes of at least 4 members (excludes halogenated alkanes) is 1. The number of para-hydroxylation sites is 1. The van der Waals surface area contributed by atoms with Crippen molar-refractivity contribution >= 4 is 23.5 Å². The molecule has 32 heavy (non-hydrogen) atoms. The van der Waals surface area contributed by atoms with Crippen LogP contribution in [0.2, 0.25) is 0 Å². The Morgan fingerprint density at radius 1 is 0.969 bits per heavy atom. The topological polar surface area (TPSA) is 73.0 Å². The summed E-state index contributed by atoms with van der Waals surface area (Å²) in [7, 11) is 0. The van der Waals surface area contributed by atoms with E-state index in [2.05, 4.69) is 39.4 Å². The molecule has 1 aromatic rings. The van der Waals surface area contributed by atoms with Gasteiger partial charge in [-0.15, -0.1) is 0 Å². The summed E-state index contributed by atoms with van der Waals surface area (Å²) in [4.78, 5) is 44.6. The Morgan fingerprint density at radius 3 is 2.25 bits per heavy atom. The Hall–Kier alpha value is -2.41. The SMILES string of the molecule is CCCC(C)C1(CC)C(=O)NC(=O)N(CCCCN2CCN(c3ccccc3)CC2)C1=O. The summed E-state index contributed by atoms with van der Waals surface area (Å²) >= 11 is 0. The normalized spacial score (nSPS) is 23.4. The number of benzene rings is 1. The molecule has 0 bridgehead atoms. The molecule has 2 saturated heterocycles. The van der Waals surface area contributed by atoms with Gasteiger partial charge in [0.15, 0.2) is 0 Å². The van der Waals surface area contributed by atoms with Crippen LogP contribution in [0.3, 0.4) is 0 Å². The molecular weight excluding hydrogens is 404 g/mol. The number of carbonyl (C=O) groups excluding carboxylic acids is 3. The van der Waals surface area contributed by atoms with Gasteiger partial charge in [0.2, 0.25) is 11.8 Å². The van der Waals surface area contributed by atoms with Crippen LogP contribution >= 0.6 is 0 Å². The Balaban J connectivity index is 1.48. The maximum Gasteiger partial charge on any atom is 0.330 e. The van der Waals surface area contributed by atoms with Gasteiger partial charge in [0.05, 0.1) is 0 Å². The van der Waals surface area contributed by atoms with Gasteiger partial charge < -0.3 is 4.90 Å². The van der Waals surface area contributed by atoms with Gasteiger partial charge in [-0.05, 0) is 50.3 Å². The quantitative estimate of drug-likeness (QED) is 0.444. The minimum Gasteiger partial charge on any atom is -0.369 e. The second-order valence-corrected chi connectivity index (χ2v) is 9.10. The van der Waals surface area contributed by atoms with E-state index in [-0.39, 0.29) is 11.8 Å². The van der Waals surface area contributed by atoms with Crippen molar-refractivity contribution in [3.63, 3.8) is 0 Å². The molecule has 0 radical (unpaired) electrons. The fourth-order valence-corrected chi connectivity index (χ4v) is 5.16. The van der Waals surface area contributed by atoms with Crippen molar-refractivity contribution < 1.29 is 14.4 Å². The van der Waals surface area contributed by atoms with Gasteiger partial charge in [-0.3, -0.25) is 24.7 Å². The largest absolute Gasteiger partial charge is 0.369 e. The molecule has 4 amide bonds. The van der Waals surface area contributed by atoms with Crippen molar-refractivity contribution in [2.45, 2.75) is 52.9 Å². The van der Waals surface area contributed by atoms with E-state index in [9.17, 15) is 14.4 Å². The van der Waals surface area contributed by atoms with Crippen molar-refractivity contribution in [3.05, 3.63) is 30.3 Å². The molecular formula is C25H38N4O3. The van der Waals surface area contributed by atoms with Gasteiger partial charge in [0.25, 0.3) is 0 Å². The Morgan fingerprint density at radius 2 is 1.62 bits per heavy atom. The number of imide groups is 2. The van der Waals surface area contributed by atoms with Crippen LogP contribution in [0.5, 0.6) is 0 Å². The first-order chi connectivity index (χ1) is 15.4. The first-order valence-electron chi connectivity index (χ1n) is 12.1. The summed E-state index contributed by atoms with van der Waals surface area (Å²) in [5.41, 5.74) is 0.144. The summed E-state index contributed by atoms with van der Waals surface area (Å²) in [6.45, 7) is 11.2. The van der Waals surface area contributed by atoms with E-state index in [0.717, 1.165) is 58.4 Å². The average molecular weight is 443 g/mol. The van der Waals surface area contributed by atoms with Crippen LogP contribution in [0.4, 0.5) is 10.5 Å². The Bertz CT molecular complexity index is 792. The molecule has 2 fully saturated rings. The second kappa shape index (κ2) is 10.9. The lowest BCUT2D eigenvalue weighted by atomic mass is 9.69. The molecule has 2 aliphatic rings. The maximum atomic E-state index is 13.3. The van der Waals surface area contributed by atoms with E-state index in [1.807, 2.05) is 26.8 Å². The smallest absolute Gasteiger partial charge is 0.330 e. The minimum atomic E-state index is -1.13. The average Bonchev–Trinajstić information content (AvgIpc) is 2.80. The first-order valence-corrected chi connectivity index (χ1v) is 12.1. The first kappa shape index (κ1) is 24.2. The highest BCUT2D eigenvalue weighted by Gasteiger charge is 2.55. The zero-order chi connectivity index (χ0) is 23.1. The fraction of sp³-hybridized carbons (Fsp3) is 0.640. The Labute approximate surface area is 192 Å². The number of nitrogens with one attached hydrogen (secondary N) is 1. The number of barbiturate groups is 1. The highest BCUT2D eigenvalue weighted by molar-refractivity contribution is 6.19. The highest BCUT2D eigenvalue weighted by Crippen LogP contribution is 2.39. The van der Waals surface area contributed by atoms with E-state index in [0.29, 0.717) is 13.0 Å². The second-order valence-electron chi connectivity index (χ2n) is 9.10. The van der Waals surface area contributed by atoms with Crippen LogP contribution in [0.15, 0.2) is 30.3 Å². The third-order valence-electron chi connectivity index (χ3n) is 7.22. The van der Waals surface area contributed by atoms with Crippen molar-refractivity contribution in [2.24, 2.45) is 11.3 Å². The van der Waals surface area contributed by atoms with E-state index in [4.69, 9.17) is 0 Å². The summed E-state index contributed by atoms with van der Waals surface area (Å²) in [5.74, 6) is -0.837. The van der Waals surface area contributed by atoms with Gasteiger partial charge in [0, 0.05) is 38.4 Å². The molecule has 0 aromatic heterocycles. The van der Waals surface area contributed by atoms with Crippen molar-refractivity contribution in [1.82, 2.24) is 15.1 Å². The monoisotopic (exact) mass is 442 g/mol. The van der Waals surface area contributed by atoms with Gasteiger partial charge in [0.1, 0.15) is 5.41 Å². The summed E-state index contributed by atoms with van der Waals surface area (Å²) in [5, 5.41) is 2.46. The predicted octanol–water partition coefficient (Wildman–Crippen LogP) is 3.50. The zero-order valence-electron chi connectivity index (χ0n) is 19.8. The molecule has 7 heteroatoms. The van der Waals surface area contributed by atoms with Gasteiger partial charge >= 0.3 is 6.03 Å². The molecule has 176 valence electrons. The molecule has 1 aromatic carbocycles. The molecule has 1 N–H and O–H groups in total. The fourth-order valence-electron chi connectivity index (χ4n) is 5.16. The molecule has 0 aliphatic carbocycles. The molecule has 2 heterocycles. The van der Waals surface area contributed by atoms with E-state index >= 15 is 0 Å². The molecule has 2 aliphatic heterocycles. The van der Waals surface area contributed by atoms with E-state index in [1.165, 1.54) is 10.6 Å². The van der Waals surface area contributed by atoms with Crippen molar-refractivity contribution in [1.29, 1.82) is 0 Å². The number of urea groups is 1. The standard InChI is InChI=1S/C25H38N4O3/c1-4-11-20(3)25(5-2)22(30)26-24(32)29(23(25)31)15-10-9-14-27-16-18-28(19-17-27)21-12-7-6-8-13-21/h6-8,12-13,20H,4-5,9-11,14-19H2,1-3H3,(H,26,30,32). The third kappa shape index (κ3) is 4.98. The Kier molecular flexibility index (Phi) is 8.29. The van der Waals surface area contributed by atoms with Gasteiger partial charge in [-0.2, -0.15) is 0 Å². The lowest BCUT2D eigenvalue weighted by Gasteiger charge is -2.42. The number of rotatable bonds is 10. The molecule has 2 atom stereocenters. The van der Waals surface area contributed by atoms with Crippen LogP contribution in [-0.2, 0) is 9.59 Å². The van der Waals surface area contributed by atoms with E-state index < -0.39 is 17.4 Å². The third-order valence-corrected chi connectivity index (χ3v) is 7.22. The summed E-state index contributed by atoms with van der Waals surface area (Å²) < 4.78 is 0. The summed E-state index contributed by atoms with van der Waals surface area (Å²) in [6.07, 6.45) is 3.75. The van der Waals surface area contributed by atoms with Crippen LogP contribution in [0.1, 0.15) is 52.9 Å². The zero-order valence-corrected chi connectivity index (χ0v) is 19.8. The molecule has 0 saturated carbocycles. The van der Waals surface area contributed by atoms with Gasteiger partial charge in [-0.25, -0.2) is 4.79 Å². The van der Waals surface area contributed by atoms with Gasteiger partial charge in [-0.1, -0.05) is 45.4 Å². The molecule has 2 unspecified atom stereocenters. The van der Waals surface area contributed by atoms with Crippen molar-refractivity contribution in [3.8, 4) is 0 Å². The lowest BCUT2D eigenvalue weighted by Crippen LogP contribution is -2.65. The molecule has 3 rings (SSSR count). The number of amides is 4. The number of nitrogens with zero attached hydrogens (tertiary/aromatic N) is 3. The highest BCUT2D eigenvalue weighted by atomic mass is 16.2. The maximum absolute atomic E-state index is 13.3. The van der Waals surface area contributed by atoms with Crippen LogP contribution in [0.25, 0.3) is 0 Å². The number of anilines is 1. The molecule has 7 nitrogen and oxygen atoms in total. The molecule has 0 spiro atoms. The van der Waals surface area contributed by atoms with Crippen molar-refractivity contribution in [2.75, 3.05) is 44.2 Å². The van der Waals surface area contributed by atoms with E-state index in [1.54, 1.807) is 0 Å².